The number of nitro groups is 1. The number of anilines is 2. The number of benzene rings is 2. The topological polar surface area (TPSA) is 116 Å². The highest BCUT2D eigenvalue weighted by molar-refractivity contribution is 6.32. The van der Waals surface area contributed by atoms with Crippen molar-refractivity contribution in [2.45, 2.75) is 0 Å². The van der Waals surface area contributed by atoms with Crippen LogP contribution in [0.2, 0.25) is 5.02 Å². The van der Waals surface area contributed by atoms with E-state index in [1.807, 2.05) is 0 Å². The minimum absolute atomic E-state index is 0.00530. The van der Waals surface area contributed by atoms with E-state index in [1.54, 1.807) is 41.5 Å². The molecule has 3 rings (SSSR count). The third-order valence-corrected chi connectivity index (χ3v) is 3.78. The molecule has 0 unspecified atom stereocenters. The van der Waals surface area contributed by atoms with Gasteiger partial charge in [0, 0.05) is 29.7 Å². The Balaban J connectivity index is 1.83. The summed E-state index contributed by atoms with van der Waals surface area (Å²) in [6.07, 6.45) is 4.97. The fourth-order valence-electron chi connectivity index (χ4n) is 2.24. The number of nitrogens with two attached hydrogens (primary N) is 1. The molecule has 1 aromatic heterocycles. The number of nitrogens with one attached hydrogen (secondary N) is 1. The molecule has 0 radical (unpaired) electrons. The zero-order chi connectivity index (χ0) is 18.0. The standard InChI is InChI=1S/C16H12ClN5O3/c17-12-8-11(2-4-14(12)21-6-5-19-9-21)20-16(23)10-1-3-13(18)15(7-10)22(24)25/h1-9H,18H2,(H,20,23). The number of nitrogens with zero attached hydrogens (tertiary/aromatic N) is 3. The lowest BCUT2D eigenvalue weighted by atomic mass is 10.1. The Morgan fingerprint density at radius 2 is 2.08 bits per heavy atom. The Morgan fingerprint density at radius 3 is 2.72 bits per heavy atom. The molecule has 0 atom stereocenters. The summed E-state index contributed by atoms with van der Waals surface area (Å²) in [6.45, 7) is 0. The van der Waals surface area contributed by atoms with Crippen LogP contribution in [0.3, 0.4) is 0 Å². The van der Waals surface area contributed by atoms with Gasteiger partial charge in [-0.15, -0.1) is 0 Å². The Labute approximate surface area is 147 Å². The molecule has 9 heteroatoms. The van der Waals surface area contributed by atoms with E-state index in [0.29, 0.717) is 16.4 Å². The largest absolute Gasteiger partial charge is 0.393 e. The normalized spacial score (nSPS) is 10.4. The number of carbonyl (C=O) groups excluding carboxylic acids is 1. The van der Waals surface area contributed by atoms with Gasteiger partial charge in [-0.25, -0.2) is 4.98 Å². The predicted molar refractivity (Wildman–Crippen MR) is 94.0 cm³/mol. The van der Waals surface area contributed by atoms with Gasteiger partial charge in [-0.3, -0.25) is 14.9 Å². The molecule has 0 aliphatic heterocycles. The SMILES string of the molecule is Nc1ccc(C(=O)Nc2ccc(-n3ccnc3)c(Cl)c2)cc1[N+](=O)[O-]. The predicted octanol–water partition coefficient (Wildman–Crippen LogP) is 3.27. The van der Waals surface area contributed by atoms with E-state index >= 15 is 0 Å². The molecular formula is C16H12ClN5O3. The first-order valence-electron chi connectivity index (χ1n) is 7.09. The fraction of sp³-hybridized carbons (Fsp3) is 0. The number of aromatic nitrogens is 2. The van der Waals surface area contributed by atoms with Crippen molar-refractivity contribution in [3.05, 3.63) is 75.8 Å². The average molecular weight is 358 g/mol. The Morgan fingerprint density at radius 1 is 1.28 bits per heavy atom. The monoisotopic (exact) mass is 357 g/mol. The van der Waals surface area contributed by atoms with Gasteiger partial charge in [-0.05, 0) is 30.3 Å². The Kier molecular flexibility index (Phi) is 4.36. The summed E-state index contributed by atoms with van der Waals surface area (Å²) in [4.78, 5) is 26.5. The highest BCUT2D eigenvalue weighted by Crippen LogP contribution is 2.26. The number of carbonyl (C=O) groups is 1. The second-order valence-electron chi connectivity index (χ2n) is 5.12. The second kappa shape index (κ2) is 6.62. The summed E-state index contributed by atoms with van der Waals surface area (Å²) in [5, 5.41) is 14.0. The number of halogens is 1. The number of hydrogen-bond donors (Lipinski definition) is 2. The first-order chi connectivity index (χ1) is 12.0. The summed E-state index contributed by atoms with van der Waals surface area (Å²) in [5.74, 6) is -0.505. The van der Waals surface area contributed by atoms with Crippen LogP contribution in [0.5, 0.6) is 0 Å². The zero-order valence-electron chi connectivity index (χ0n) is 12.7. The van der Waals surface area contributed by atoms with Crippen LogP contribution in [0.4, 0.5) is 17.1 Å². The molecule has 0 aliphatic carbocycles. The quantitative estimate of drug-likeness (QED) is 0.422. The average Bonchev–Trinajstić information content (AvgIpc) is 3.09. The van der Waals surface area contributed by atoms with Crippen LogP contribution < -0.4 is 11.1 Å². The van der Waals surface area contributed by atoms with Crippen LogP contribution >= 0.6 is 11.6 Å². The molecule has 3 N–H and O–H groups in total. The van der Waals surface area contributed by atoms with Crippen LogP contribution in [0, 0.1) is 10.1 Å². The lowest BCUT2D eigenvalue weighted by Crippen LogP contribution is -2.12. The minimum atomic E-state index is -0.636. The third kappa shape index (κ3) is 3.43. The highest BCUT2D eigenvalue weighted by Gasteiger charge is 2.16. The van der Waals surface area contributed by atoms with Gasteiger partial charge in [0.1, 0.15) is 5.69 Å². The van der Waals surface area contributed by atoms with Crippen molar-refractivity contribution >= 4 is 34.6 Å². The first kappa shape index (κ1) is 16.5. The van der Waals surface area contributed by atoms with Crippen molar-refractivity contribution in [2.75, 3.05) is 11.1 Å². The maximum atomic E-state index is 12.3. The maximum Gasteiger partial charge on any atom is 0.292 e. The van der Waals surface area contributed by atoms with Crippen molar-refractivity contribution in [1.82, 2.24) is 9.55 Å². The van der Waals surface area contributed by atoms with Crippen LogP contribution in [0.1, 0.15) is 10.4 Å². The molecule has 0 bridgehead atoms. The van der Waals surface area contributed by atoms with Gasteiger partial charge in [0.25, 0.3) is 11.6 Å². The van der Waals surface area contributed by atoms with Gasteiger partial charge in [-0.2, -0.15) is 0 Å². The number of imidazole rings is 1. The number of nitro benzene ring substituents is 1. The van der Waals surface area contributed by atoms with Crippen molar-refractivity contribution < 1.29 is 9.72 Å². The van der Waals surface area contributed by atoms with Crippen molar-refractivity contribution in [3.8, 4) is 5.69 Å². The lowest BCUT2D eigenvalue weighted by Gasteiger charge is -2.09. The molecule has 0 aliphatic rings. The summed E-state index contributed by atoms with van der Waals surface area (Å²) in [7, 11) is 0. The van der Waals surface area contributed by atoms with E-state index in [0.717, 1.165) is 6.07 Å². The van der Waals surface area contributed by atoms with Crippen molar-refractivity contribution in [2.24, 2.45) is 0 Å². The van der Waals surface area contributed by atoms with Crippen LogP contribution in [0.15, 0.2) is 55.1 Å². The highest BCUT2D eigenvalue weighted by atomic mass is 35.5. The van der Waals surface area contributed by atoms with E-state index in [1.165, 1.54) is 12.1 Å². The molecule has 0 fully saturated rings. The number of amides is 1. The van der Waals surface area contributed by atoms with Crippen LogP contribution in [0.25, 0.3) is 5.69 Å². The molecule has 1 amide bonds. The Hall–Kier alpha value is -3.39. The summed E-state index contributed by atoms with van der Waals surface area (Å²) in [5.41, 5.74) is 6.49. The van der Waals surface area contributed by atoms with E-state index in [9.17, 15) is 14.9 Å². The lowest BCUT2D eigenvalue weighted by molar-refractivity contribution is -0.383. The zero-order valence-corrected chi connectivity index (χ0v) is 13.5. The van der Waals surface area contributed by atoms with Gasteiger partial charge < -0.3 is 15.6 Å². The molecule has 126 valence electrons. The van der Waals surface area contributed by atoms with Crippen LogP contribution in [-0.4, -0.2) is 20.4 Å². The first-order valence-corrected chi connectivity index (χ1v) is 7.46. The molecule has 8 nitrogen and oxygen atoms in total. The molecule has 2 aromatic carbocycles. The van der Waals surface area contributed by atoms with E-state index in [2.05, 4.69) is 10.3 Å². The van der Waals surface area contributed by atoms with Gasteiger partial charge in [0.2, 0.25) is 0 Å². The van der Waals surface area contributed by atoms with E-state index in [4.69, 9.17) is 17.3 Å². The van der Waals surface area contributed by atoms with Crippen LogP contribution in [-0.2, 0) is 0 Å². The number of hydrogen-bond acceptors (Lipinski definition) is 5. The molecule has 0 saturated heterocycles. The molecule has 0 saturated carbocycles. The van der Waals surface area contributed by atoms with Gasteiger partial charge in [0.05, 0.1) is 22.0 Å². The molecule has 25 heavy (non-hydrogen) atoms. The van der Waals surface area contributed by atoms with E-state index in [-0.39, 0.29) is 16.9 Å². The van der Waals surface area contributed by atoms with E-state index < -0.39 is 10.8 Å². The van der Waals surface area contributed by atoms with Crippen molar-refractivity contribution in [1.29, 1.82) is 0 Å². The summed E-state index contributed by atoms with van der Waals surface area (Å²) < 4.78 is 1.73. The number of rotatable bonds is 4. The van der Waals surface area contributed by atoms with Gasteiger partial charge >= 0.3 is 0 Å². The molecular weight excluding hydrogens is 346 g/mol. The molecule has 1 heterocycles. The third-order valence-electron chi connectivity index (χ3n) is 3.48. The van der Waals surface area contributed by atoms with Gasteiger partial charge in [0.15, 0.2) is 0 Å². The second-order valence-corrected chi connectivity index (χ2v) is 5.53. The molecule has 3 aromatic rings. The van der Waals surface area contributed by atoms with Gasteiger partial charge in [-0.1, -0.05) is 11.6 Å². The number of nitrogen functional groups attached to an aromatic ring is 1. The Bertz CT molecular complexity index is 956. The summed E-state index contributed by atoms with van der Waals surface area (Å²) in [6, 6.07) is 8.85. The fourth-order valence-corrected chi connectivity index (χ4v) is 2.52. The smallest absolute Gasteiger partial charge is 0.292 e. The molecule has 0 spiro atoms. The van der Waals surface area contributed by atoms with Crippen molar-refractivity contribution in [3.63, 3.8) is 0 Å². The maximum absolute atomic E-state index is 12.3. The summed E-state index contributed by atoms with van der Waals surface area (Å²) >= 11 is 6.23. The minimum Gasteiger partial charge on any atom is -0.393 e.